The van der Waals surface area contributed by atoms with Gasteiger partial charge in [-0.3, -0.25) is 10.9 Å². The number of rotatable bonds is 8. The lowest BCUT2D eigenvalue weighted by Gasteiger charge is -2.12. The van der Waals surface area contributed by atoms with Crippen molar-refractivity contribution in [3.8, 4) is 11.5 Å². The van der Waals surface area contributed by atoms with Crippen LogP contribution < -0.4 is 26.1 Å². The number of nitrogens with one attached hydrogen (secondary N) is 2. The van der Waals surface area contributed by atoms with E-state index < -0.39 is 5.97 Å². The monoisotopic (exact) mass is 401 g/mol. The molecular formula is C15H20ClN5O4S. The first-order valence-electron chi connectivity index (χ1n) is 7.36. The van der Waals surface area contributed by atoms with Crippen LogP contribution >= 0.6 is 23.8 Å². The minimum Gasteiger partial charge on any atom is -0.495 e. The standard InChI is InChI=1S/C15H20ClN5O4S/c1-5-25-14(22)13(8(2)18-21-15(17)26)20-19-10-7-11(23-3)9(16)6-12(10)24-4/h6-7,19H,5H2,1-4H3,(H3,17,21,26)/b18-8+,20-13+. The smallest absolute Gasteiger partial charge is 0.360 e. The summed E-state index contributed by atoms with van der Waals surface area (Å²) in [6, 6.07) is 3.13. The van der Waals surface area contributed by atoms with Crippen molar-refractivity contribution in [3.63, 3.8) is 0 Å². The molecule has 1 aromatic rings. The molecule has 0 saturated carbocycles. The van der Waals surface area contributed by atoms with Crippen molar-refractivity contribution >= 4 is 52.0 Å². The molecule has 0 saturated heterocycles. The van der Waals surface area contributed by atoms with Crippen LogP contribution in [0.2, 0.25) is 5.02 Å². The Bertz CT molecular complexity index is 739. The number of ether oxygens (including phenoxy) is 3. The first kappa shape index (κ1) is 21.5. The van der Waals surface area contributed by atoms with E-state index in [-0.39, 0.29) is 23.1 Å². The van der Waals surface area contributed by atoms with Crippen molar-refractivity contribution in [2.45, 2.75) is 13.8 Å². The van der Waals surface area contributed by atoms with Gasteiger partial charge in [-0.2, -0.15) is 10.2 Å². The maximum absolute atomic E-state index is 12.1. The summed E-state index contributed by atoms with van der Waals surface area (Å²) >= 11 is 10.7. The summed E-state index contributed by atoms with van der Waals surface area (Å²) < 4.78 is 15.4. The molecule has 4 N–H and O–H groups in total. The number of nitrogens with two attached hydrogens (primary N) is 1. The van der Waals surface area contributed by atoms with E-state index in [0.717, 1.165) is 0 Å². The number of hydrogen-bond acceptors (Lipinski definition) is 8. The highest BCUT2D eigenvalue weighted by atomic mass is 35.5. The summed E-state index contributed by atoms with van der Waals surface area (Å²) in [5.41, 5.74) is 11.0. The zero-order valence-corrected chi connectivity index (χ0v) is 16.3. The highest BCUT2D eigenvalue weighted by molar-refractivity contribution is 7.80. The number of anilines is 1. The minimum atomic E-state index is -0.675. The van der Waals surface area contributed by atoms with Gasteiger partial charge < -0.3 is 19.9 Å². The first-order chi connectivity index (χ1) is 12.3. The number of hydrazone groups is 2. The van der Waals surface area contributed by atoms with Gasteiger partial charge in [0.25, 0.3) is 0 Å². The number of hydrogen-bond donors (Lipinski definition) is 3. The highest BCUT2D eigenvalue weighted by Crippen LogP contribution is 2.35. The van der Waals surface area contributed by atoms with Gasteiger partial charge in [-0.25, -0.2) is 4.79 Å². The summed E-state index contributed by atoms with van der Waals surface area (Å²) in [5, 5.41) is 8.26. The van der Waals surface area contributed by atoms with Crippen molar-refractivity contribution in [1.82, 2.24) is 5.43 Å². The summed E-state index contributed by atoms with van der Waals surface area (Å²) in [4.78, 5) is 12.1. The molecule has 0 aliphatic rings. The Hall–Kier alpha value is -2.59. The molecule has 0 aromatic heterocycles. The van der Waals surface area contributed by atoms with Crippen LogP contribution in [0.25, 0.3) is 0 Å². The number of thiocarbonyl (C=S) groups is 1. The Labute approximate surface area is 161 Å². The van der Waals surface area contributed by atoms with Crippen LogP contribution in [-0.2, 0) is 9.53 Å². The van der Waals surface area contributed by atoms with Crippen molar-refractivity contribution in [1.29, 1.82) is 0 Å². The average molecular weight is 402 g/mol. The molecule has 26 heavy (non-hydrogen) atoms. The van der Waals surface area contributed by atoms with Gasteiger partial charge in [-0.05, 0) is 26.1 Å². The molecule has 1 rings (SSSR count). The predicted molar refractivity (Wildman–Crippen MR) is 105 cm³/mol. The summed E-state index contributed by atoms with van der Waals surface area (Å²) in [6.07, 6.45) is 0. The van der Waals surface area contributed by atoms with Crippen molar-refractivity contribution in [3.05, 3.63) is 17.2 Å². The fourth-order valence-electron chi connectivity index (χ4n) is 1.73. The molecule has 142 valence electrons. The number of esters is 1. The lowest BCUT2D eigenvalue weighted by molar-refractivity contribution is -0.134. The number of methoxy groups -OCH3 is 2. The average Bonchev–Trinajstić information content (AvgIpc) is 2.60. The van der Waals surface area contributed by atoms with Gasteiger partial charge in [-0.15, -0.1) is 0 Å². The van der Waals surface area contributed by atoms with E-state index in [9.17, 15) is 4.79 Å². The lowest BCUT2D eigenvalue weighted by atomic mass is 10.2. The van der Waals surface area contributed by atoms with Crippen LogP contribution in [-0.4, -0.2) is 43.3 Å². The first-order valence-corrected chi connectivity index (χ1v) is 8.15. The third kappa shape index (κ3) is 6.05. The van der Waals surface area contributed by atoms with Gasteiger partial charge in [0.1, 0.15) is 17.2 Å². The number of carbonyl (C=O) groups excluding carboxylic acids is 1. The normalized spacial score (nSPS) is 11.6. The Kier molecular flexibility index (Phi) is 8.59. The van der Waals surface area contributed by atoms with Gasteiger partial charge in [0.15, 0.2) is 10.8 Å². The second kappa shape index (κ2) is 10.4. The van der Waals surface area contributed by atoms with E-state index in [2.05, 4.69) is 33.3 Å². The van der Waals surface area contributed by atoms with Gasteiger partial charge in [0.05, 0.1) is 31.6 Å². The Morgan fingerprint density at radius 3 is 2.46 bits per heavy atom. The van der Waals surface area contributed by atoms with E-state index in [0.29, 0.717) is 22.2 Å². The summed E-state index contributed by atoms with van der Waals surface area (Å²) in [7, 11) is 2.95. The van der Waals surface area contributed by atoms with Crippen LogP contribution in [0, 0.1) is 0 Å². The van der Waals surface area contributed by atoms with E-state index in [1.165, 1.54) is 14.2 Å². The summed E-state index contributed by atoms with van der Waals surface area (Å²) in [5.74, 6) is 0.132. The van der Waals surface area contributed by atoms with Crippen molar-refractivity contribution in [2.24, 2.45) is 15.9 Å². The van der Waals surface area contributed by atoms with E-state index in [4.69, 9.17) is 31.5 Å². The van der Waals surface area contributed by atoms with Crippen molar-refractivity contribution < 1.29 is 19.0 Å². The predicted octanol–water partition coefficient (Wildman–Crippen LogP) is 1.90. The maximum atomic E-state index is 12.1. The molecule has 0 aliphatic heterocycles. The van der Waals surface area contributed by atoms with Gasteiger partial charge in [-0.1, -0.05) is 11.6 Å². The molecule has 0 spiro atoms. The van der Waals surface area contributed by atoms with E-state index >= 15 is 0 Å². The van der Waals surface area contributed by atoms with Crippen LogP contribution in [0.5, 0.6) is 11.5 Å². The van der Waals surface area contributed by atoms with E-state index in [1.807, 2.05) is 0 Å². The largest absolute Gasteiger partial charge is 0.495 e. The topological polar surface area (TPSA) is 120 Å². The van der Waals surface area contributed by atoms with Crippen LogP contribution in [0.15, 0.2) is 22.3 Å². The third-order valence-electron chi connectivity index (χ3n) is 2.91. The molecular weight excluding hydrogens is 382 g/mol. The second-order valence-electron chi connectivity index (χ2n) is 4.65. The molecule has 0 radical (unpaired) electrons. The molecule has 9 nitrogen and oxygen atoms in total. The quantitative estimate of drug-likeness (QED) is 0.261. The third-order valence-corrected chi connectivity index (χ3v) is 3.29. The Morgan fingerprint density at radius 1 is 1.27 bits per heavy atom. The molecule has 0 aliphatic carbocycles. The van der Waals surface area contributed by atoms with Crippen LogP contribution in [0.4, 0.5) is 5.69 Å². The molecule has 0 fully saturated rings. The Balaban J connectivity index is 3.23. The Morgan fingerprint density at radius 2 is 1.92 bits per heavy atom. The summed E-state index contributed by atoms with van der Waals surface area (Å²) in [6.45, 7) is 3.39. The number of nitrogens with zero attached hydrogens (tertiary/aromatic N) is 2. The number of benzene rings is 1. The maximum Gasteiger partial charge on any atom is 0.360 e. The molecule has 11 heteroatoms. The second-order valence-corrected chi connectivity index (χ2v) is 5.50. The van der Waals surface area contributed by atoms with Gasteiger partial charge in [0, 0.05) is 12.1 Å². The number of halogens is 1. The SMILES string of the molecule is CCOC(=O)C(=N/Nc1cc(OC)c(Cl)cc1OC)/C(C)=N/NC(N)=S. The number of carbonyl (C=O) groups is 1. The van der Waals surface area contributed by atoms with Crippen LogP contribution in [0.3, 0.4) is 0 Å². The van der Waals surface area contributed by atoms with Crippen molar-refractivity contribution in [2.75, 3.05) is 26.3 Å². The molecule has 1 aromatic carbocycles. The molecule has 0 heterocycles. The van der Waals surface area contributed by atoms with Crippen LogP contribution in [0.1, 0.15) is 13.8 Å². The molecule has 0 amide bonds. The van der Waals surface area contributed by atoms with E-state index in [1.54, 1.807) is 26.0 Å². The fourth-order valence-corrected chi connectivity index (χ4v) is 2.01. The lowest BCUT2D eigenvalue weighted by Crippen LogP contribution is -2.30. The van der Waals surface area contributed by atoms with Gasteiger partial charge in [0.2, 0.25) is 0 Å². The zero-order chi connectivity index (χ0) is 19.7. The molecule has 0 unspecified atom stereocenters. The zero-order valence-electron chi connectivity index (χ0n) is 14.8. The molecule has 0 bridgehead atoms. The highest BCUT2D eigenvalue weighted by Gasteiger charge is 2.18. The fraction of sp³-hybridized carbons (Fsp3) is 0.333. The van der Waals surface area contributed by atoms with Gasteiger partial charge >= 0.3 is 5.97 Å². The molecule has 0 atom stereocenters. The minimum absolute atomic E-state index is 0.0513.